The van der Waals surface area contributed by atoms with E-state index in [9.17, 15) is 4.79 Å². The molecule has 0 bridgehead atoms. The molecule has 19 heavy (non-hydrogen) atoms. The van der Waals surface area contributed by atoms with Gasteiger partial charge in [0.2, 0.25) is 0 Å². The van der Waals surface area contributed by atoms with Crippen molar-refractivity contribution in [2.45, 2.75) is 38.1 Å². The van der Waals surface area contributed by atoms with Gasteiger partial charge in [0.25, 0.3) is 0 Å². The SMILES string of the molecule is NC1=NC(CC=Cc2ccc(C(=O)O)s2)CCCC1. The van der Waals surface area contributed by atoms with Crippen LogP contribution >= 0.6 is 11.3 Å². The molecule has 0 aliphatic carbocycles. The van der Waals surface area contributed by atoms with Crippen LogP contribution in [-0.4, -0.2) is 23.0 Å². The van der Waals surface area contributed by atoms with Gasteiger partial charge in [-0.15, -0.1) is 11.3 Å². The van der Waals surface area contributed by atoms with Crippen molar-refractivity contribution in [3.63, 3.8) is 0 Å². The van der Waals surface area contributed by atoms with E-state index >= 15 is 0 Å². The van der Waals surface area contributed by atoms with Crippen LogP contribution in [0.15, 0.2) is 23.2 Å². The molecule has 2 rings (SSSR count). The maximum absolute atomic E-state index is 10.8. The number of carboxylic acid groups (broad SMARTS) is 1. The maximum atomic E-state index is 10.8. The van der Waals surface area contributed by atoms with Crippen LogP contribution in [0.3, 0.4) is 0 Å². The van der Waals surface area contributed by atoms with Crippen LogP contribution in [0.4, 0.5) is 0 Å². The van der Waals surface area contributed by atoms with Gasteiger partial charge in [-0.3, -0.25) is 4.99 Å². The molecule has 1 aliphatic rings. The van der Waals surface area contributed by atoms with Gasteiger partial charge >= 0.3 is 5.97 Å². The van der Waals surface area contributed by atoms with E-state index in [1.165, 1.54) is 17.8 Å². The van der Waals surface area contributed by atoms with Gasteiger partial charge in [-0.2, -0.15) is 0 Å². The van der Waals surface area contributed by atoms with E-state index in [1.807, 2.05) is 12.1 Å². The van der Waals surface area contributed by atoms with Crippen LogP contribution in [-0.2, 0) is 0 Å². The minimum Gasteiger partial charge on any atom is -0.477 e. The molecular formula is C14H18N2O2S. The Morgan fingerprint density at radius 3 is 3.11 bits per heavy atom. The fourth-order valence-corrected chi connectivity index (χ4v) is 2.90. The smallest absolute Gasteiger partial charge is 0.345 e. The van der Waals surface area contributed by atoms with Gasteiger partial charge in [-0.1, -0.05) is 12.5 Å². The molecule has 0 saturated heterocycles. The van der Waals surface area contributed by atoms with E-state index in [-0.39, 0.29) is 6.04 Å². The monoisotopic (exact) mass is 278 g/mol. The van der Waals surface area contributed by atoms with Gasteiger partial charge in [0.15, 0.2) is 0 Å². The van der Waals surface area contributed by atoms with E-state index in [2.05, 4.69) is 11.1 Å². The summed E-state index contributed by atoms with van der Waals surface area (Å²) in [6.45, 7) is 0. The predicted octanol–water partition coefficient (Wildman–Crippen LogP) is 3.15. The highest BCUT2D eigenvalue weighted by Gasteiger charge is 2.10. The fourth-order valence-electron chi connectivity index (χ4n) is 2.12. The summed E-state index contributed by atoms with van der Waals surface area (Å²) in [6, 6.07) is 3.74. The van der Waals surface area contributed by atoms with Crippen LogP contribution < -0.4 is 5.73 Å². The standard InChI is InChI=1S/C14H18N2O2S/c15-13-7-2-1-4-10(16-13)5-3-6-11-8-9-12(19-11)14(17)18/h3,6,8-10H,1-2,4-5,7H2,(H2,15,16)(H,17,18). The number of rotatable bonds is 4. The number of aromatic carboxylic acids is 1. The molecule has 1 aromatic heterocycles. The molecule has 1 unspecified atom stereocenters. The number of thiophene rings is 1. The quantitative estimate of drug-likeness (QED) is 0.888. The molecule has 0 fully saturated rings. The Balaban J connectivity index is 1.91. The summed E-state index contributed by atoms with van der Waals surface area (Å²) in [5.41, 5.74) is 5.81. The second-order valence-corrected chi connectivity index (χ2v) is 5.78. The maximum Gasteiger partial charge on any atom is 0.345 e. The van der Waals surface area contributed by atoms with E-state index in [0.717, 1.165) is 36.4 Å². The van der Waals surface area contributed by atoms with E-state index in [4.69, 9.17) is 10.8 Å². The lowest BCUT2D eigenvalue weighted by Gasteiger charge is -2.06. The predicted molar refractivity (Wildman–Crippen MR) is 78.8 cm³/mol. The van der Waals surface area contributed by atoms with Crippen LogP contribution in [0.5, 0.6) is 0 Å². The lowest BCUT2D eigenvalue weighted by Crippen LogP contribution is -2.13. The topological polar surface area (TPSA) is 75.7 Å². The lowest BCUT2D eigenvalue weighted by molar-refractivity contribution is 0.0702. The van der Waals surface area contributed by atoms with Crippen LogP contribution in [0.2, 0.25) is 0 Å². The number of carboxylic acids is 1. The average molecular weight is 278 g/mol. The molecule has 0 radical (unpaired) electrons. The number of hydrogen-bond donors (Lipinski definition) is 2. The minimum absolute atomic E-state index is 0.276. The molecule has 5 heteroatoms. The highest BCUT2D eigenvalue weighted by molar-refractivity contribution is 7.14. The van der Waals surface area contributed by atoms with Crippen LogP contribution in [0, 0.1) is 0 Å². The Morgan fingerprint density at radius 2 is 2.37 bits per heavy atom. The molecule has 4 nitrogen and oxygen atoms in total. The van der Waals surface area contributed by atoms with Gasteiger partial charge in [0.1, 0.15) is 4.88 Å². The van der Waals surface area contributed by atoms with E-state index in [1.54, 1.807) is 6.07 Å². The van der Waals surface area contributed by atoms with Crippen LogP contribution in [0.25, 0.3) is 6.08 Å². The van der Waals surface area contributed by atoms with E-state index in [0.29, 0.717) is 4.88 Å². The zero-order valence-electron chi connectivity index (χ0n) is 10.7. The van der Waals surface area contributed by atoms with Crippen molar-refractivity contribution in [1.82, 2.24) is 0 Å². The van der Waals surface area contributed by atoms with Crippen molar-refractivity contribution in [2.75, 3.05) is 0 Å². The molecule has 102 valence electrons. The lowest BCUT2D eigenvalue weighted by atomic mass is 10.1. The molecule has 1 aromatic rings. The Kier molecular flexibility index (Phi) is 4.74. The number of nitrogens with two attached hydrogens (primary N) is 1. The molecule has 0 saturated carbocycles. The number of amidine groups is 1. The zero-order chi connectivity index (χ0) is 13.7. The highest BCUT2D eigenvalue weighted by Crippen LogP contribution is 2.20. The summed E-state index contributed by atoms with van der Waals surface area (Å²) in [5, 5.41) is 8.84. The number of hydrogen-bond acceptors (Lipinski definition) is 4. The van der Waals surface area contributed by atoms with Gasteiger partial charge in [0, 0.05) is 11.3 Å². The fraction of sp³-hybridized carbons (Fsp3) is 0.429. The van der Waals surface area contributed by atoms with Crippen molar-refractivity contribution in [3.05, 3.63) is 28.0 Å². The first kappa shape index (κ1) is 13.8. The van der Waals surface area contributed by atoms with Gasteiger partial charge in [-0.25, -0.2) is 4.79 Å². The molecular weight excluding hydrogens is 260 g/mol. The van der Waals surface area contributed by atoms with Gasteiger partial charge < -0.3 is 10.8 Å². The largest absolute Gasteiger partial charge is 0.477 e. The highest BCUT2D eigenvalue weighted by atomic mass is 32.1. The summed E-state index contributed by atoms with van der Waals surface area (Å²) >= 11 is 1.29. The first-order chi connectivity index (χ1) is 9.15. The second kappa shape index (κ2) is 6.52. The molecule has 3 N–H and O–H groups in total. The Bertz CT molecular complexity index is 505. The average Bonchev–Trinajstić information content (AvgIpc) is 2.74. The van der Waals surface area contributed by atoms with Crippen LogP contribution in [0.1, 0.15) is 46.7 Å². The summed E-state index contributed by atoms with van der Waals surface area (Å²) in [5.74, 6) is -0.106. The van der Waals surface area contributed by atoms with Crippen molar-refractivity contribution in [2.24, 2.45) is 10.7 Å². The molecule has 1 atom stereocenters. The van der Waals surface area contributed by atoms with Gasteiger partial charge in [0.05, 0.1) is 11.9 Å². The molecule has 2 heterocycles. The third kappa shape index (κ3) is 4.21. The normalized spacial score (nSPS) is 20.2. The summed E-state index contributed by atoms with van der Waals surface area (Å²) < 4.78 is 0. The Morgan fingerprint density at radius 1 is 1.53 bits per heavy atom. The molecule has 0 amide bonds. The Hall–Kier alpha value is -1.62. The third-order valence-electron chi connectivity index (χ3n) is 3.10. The zero-order valence-corrected chi connectivity index (χ0v) is 11.5. The first-order valence-electron chi connectivity index (χ1n) is 6.47. The third-order valence-corrected chi connectivity index (χ3v) is 4.13. The summed E-state index contributed by atoms with van der Waals surface area (Å²) in [7, 11) is 0. The van der Waals surface area contributed by atoms with Gasteiger partial charge in [-0.05, 0) is 37.5 Å². The first-order valence-corrected chi connectivity index (χ1v) is 7.28. The van der Waals surface area contributed by atoms with Crippen molar-refractivity contribution in [3.8, 4) is 0 Å². The summed E-state index contributed by atoms with van der Waals surface area (Å²) in [6.07, 6.45) is 9.18. The summed E-state index contributed by atoms with van der Waals surface area (Å²) in [4.78, 5) is 16.6. The second-order valence-electron chi connectivity index (χ2n) is 4.67. The molecule has 0 spiro atoms. The molecule has 1 aliphatic heterocycles. The molecule has 0 aromatic carbocycles. The van der Waals surface area contributed by atoms with Crippen molar-refractivity contribution >= 4 is 29.2 Å². The number of carbonyl (C=O) groups is 1. The minimum atomic E-state index is -0.870. The van der Waals surface area contributed by atoms with Crippen molar-refractivity contribution < 1.29 is 9.90 Å². The van der Waals surface area contributed by atoms with E-state index < -0.39 is 5.97 Å². The Labute approximate surface area is 116 Å². The number of nitrogens with zero attached hydrogens (tertiary/aromatic N) is 1. The number of aliphatic imine (C=N–C) groups is 1. The van der Waals surface area contributed by atoms with Crippen molar-refractivity contribution in [1.29, 1.82) is 0 Å².